The van der Waals surface area contributed by atoms with Crippen LogP contribution in [-0.2, 0) is 15.8 Å². The number of anilines is 1. The van der Waals surface area contributed by atoms with Gasteiger partial charge in [0.05, 0.1) is 4.90 Å². The average molecular weight is 326 g/mol. The summed E-state index contributed by atoms with van der Waals surface area (Å²) < 4.78 is 15.1. The third-order valence-electron chi connectivity index (χ3n) is 2.70. The first-order valence-corrected chi connectivity index (χ1v) is 7.80. The molecule has 6 heteroatoms. The van der Waals surface area contributed by atoms with Crippen LogP contribution in [0.15, 0.2) is 71.6 Å². The molecule has 0 spiro atoms. The van der Waals surface area contributed by atoms with Crippen molar-refractivity contribution in [3.63, 3.8) is 0 Å². The minimum Gasteiger partial charge on any atom is -0.301 e. The molecule has 1 atom stereocenters. The van der Waals surface area contributed by atoms with E-state index in [1.807, 2.05) is 30.3 Å². The van der Waals surface area contributed by atoms with Crippen LogP contribution in [0.2, 0.25) is 0 Å². The van der Waals surface area contributed by atoms with E-state index >= 15 is 0 Å². The third-order valence-corrected chi connectivity index (χ3v) is 3.82. The molecule has 3 N–H and O–H groups in total. The van der Waals surface area contributed by atoms with E-state index < -0.39 is 16.9 Å². The molecule has 0 aliphatic heterocycles. The van der Waals surface area contributed by atoms with Crippen molar-refractivity contribution in [1.82, 2.24) is 5.48 Å². The molecule has 2 aromatic carbocycles. The molecule has 1 amide bonds. The molecule has 1 unspecified atom stereocenters. The van der Waals surface area contributed by atoms with E-state index in [0.29, 0.717) is 4.90 Å². The van der Waals surface area contributed by atoms with E-state index in [9.17, 15) is 9.00 Å². The SMILES string of the molecule is O=C(/C=C/C#Cc1ccc(S(=O)Nc2ccccc2)cc1)NO. The Kier molecular flexibility index (Phi) is 6.12. The Morgan fingerprint density at radius 2 is 1.78 bits per heavy atom. The molecular formula is C17H14N2O3S. The average Bonchev–Trinajstić information content (AvgIpc) is 2.60. The van der Waals surface area contributed by atoms with Crippen molar-refractivity contribution in [2.75, 3.05) is 4.72 Å². The van der Waals surface area contributed by atoms with Gasteiger partial charge >= 0.3 is 0 Å². The minimum atomic E-state index is -1.35. The Morgan fingerprint density at radius 1 is 1.09 bits per heavy atom. The van der Waals surface area contributed by atoms with E-state index in [0.717, 1.165) is 17.3 Å². The van der Waals surface area contributed by atoms with Crippen LogP contribution < -0.4 is 10.2 Å². The predicted molar refractivity (Wildman–Crippen MR) is 88.9 cm³/mol. The number of hydrogen-bond donors (Lipinski definition) is 3. The van der Waals surface area contributed by atoms with Crippen LogP contribution >= 0.6 is 0 Å². The van der Waals surface area contributed by atoms with Gasteiger partial charge in [-0.2, -0.15) is 0 Å². The maximum atomic E-state index is 12.2. The highest BCUT2D eigenvalue weighted by Crippen LogP contribution is 2.12. The second-order valence-corrected chi connectivity index (χ2v) is 5.55. The zero-order valence-electron chi connectivity index (χ0n) is 12.0. The molecule has 2 aromatic rings. The van der Waals surface area contributed by atoms with E-state index in [1.54, 1.807) is 24.3 Å². The quantitative estimate of drug-likeness (QED) is 0.349. The fourth-order valence-corrected chi connectivity index (χ4v) is 2.46. The largest absolute Gasteiger partial charge is 0.301 e. The summed E-state index contributed by atoms with van der Waals surface area (Å²) in [4.78, 5) is 11.4. The summed E-state index contributed by atoms with van der Waals surface area (Å²) in [5, 5.41) is 8.31. The van der Waals surface area contributed by atoms with Gasteiger partial charge in [0.1, 0.15) is 11.0 Å². The van der Waals surface area contributed by atoms with Gasteiger partial charge in [0.2, 0.25) is 0 Å². The number of carbonyl (C=O) groups is 1. The van der Waals surface area contributed by atoms with Crippen molar-refractivity contribution >= 4 is 22.6 Å². The molecule has 23 heavy (non-hydrogen) atoms. The first kappa shape index (κ1) is 16.5. The van der Waals surface area contributed by atoms with E-state index in [4.69, 9.17) is 5.21 Å². The molecule has 0 aliphatic rings. The van der Waals surface area contributed by atoms with Gasteiger partial charge in [-0.25, -0.2) is 9.69 Å². The fraction of sp³-hybridized carbons (Fsp3) is 0. The number of rotatable bonds is 4. The summed E-state index contributed by atoms with van der Waals surface area (Å²) in [6.45, 7) is 0. The topological polar surface area (TPSA) is 78.4 Å². The van der Waals surface area contributed by atoms with Gasteiger partial charge in [-0.15, -0.1) is 0 Å². The highest BCUT2D eigenvalue weighted by molar-refractivity contribution is 7.86. The summed E-state index contributed by atoms with van der Waals surface area (Å²) in [6.07, 6.45) is 2.44. The van der Waals surface area contributed by atoms with Crippen LogP contribution in [0.25, 0.3) is 0 Å². The number of nitrogens with one attached hydrogen (secondary N) is 2. The molecule has 0 radical (unpaired) electrons. The summed E-state index contributed by atoms with van der Waals surface area (Å²) in [5.41, 5.74) is 2.97. The summed E-state index contributed by atoms with van der Waals surface area (Å²) in [5.74, 6) is 4.84. The lowest BCUT2D eigenvalue weighted by atomic mass is 10.2. The summed E-state index contributed by atoms with van der Waals surface area (Å²) >= 11 is 0. The molecule has 5 nitrogen and oxygen atoms in total. The molecule has 0 saturated heterocycles. The van der Waals surface area contributed by atoms with Crippen molar-refractivity contribution < 1.29 is 14.2 Å². The van der Waals surface area contributed by atoms with Crippen molar-refractivity contribution in [3.8, 4) is 11.8 Å². The standard InChI is InChI=1S/C17H14N2O3S/c20-17(18-21)9-5-4-6-14-10-12-16(13-11-14)23(22)19-15-7-2-1-3-8-15/h1-3,5,7-13,19,21H,(H,18,20)/b9-5+. The minimum absolute atomic E-state index is 0.634. The van der Waals surface area contributed by atoms with Crippen molar-refractivity contribution in [2.45, 2.75) is 4.90 Å². The van der Waals surface area contributed by atoms with Crippen LogP contribution in [0.4, 0.5) is 5.69 Å². The van der Waals surface area contributed by atoms with Gasteiger partial charge in [-0.3, -0.25) is 10.0 Å². The molecule has 0 heterocycles. The van der Waals surface area contributed by atoms with Crippen LogP contribution in [-0.4, -0.2) is 15.3 Å². The number of para-hydroxylation sites is 1. The second-order valence-electron chi connectivity index (χ2n) is 4.34. The Morgan fingerprint density at radius 3 is 2.43 bits per heavy atom. The molecule has 0 aliphatic carbocycles. The van der Waals surface area contributed by atoms with Crippen LogP contribution in [0.5, 0.6) is 0 Å². The number of carbonyl (C=O) groups excluding carboxylic acids is 1. The molecule has 2 rings (SSSR count). The van der Waals surface area contributed by atoms with Gasteiger partial charge < -0.3 is 4.72 Å². The summed E-state index contributed by atoms with van der Waals surface area (Å²) in [7, 11) is -1.35. The zero-order chi connectivity index (χ0) is 16.5. The van der Waals surface area contributed by atoms with E-state index in [-0.39, 0.29) is 0 Å². The Bertz CT molecular complexity index is 775. The van der Waals surface area contributed by atoms with Crippen LogP contribution in [0.3, 0.4) is 0 Å². The number of benzene rings is 2. The van der Waals surface area contributed by atoms with E-state index in [2.05, 4.69) is 16.6 Å². The lowest BCUT2D eigenvalue weighted by Gasteiger charge is -2.05. The second kappa shape index (κ2) is 8.54. The number of hydrogen-bond acceptors (Lipinski definition) is 3. The number of amides is 1. The van der Waals surface area contributed by atoms with Crippen molar-refractivity contribution in [2.24, 2.45) is 0 Å². The molecular weight excluding hydrogens is 312 g/mol. The first-order chi connectivity index (χ1) is 11.2. The predicted octanol–water partition coefficient (Wildman–Crippen LogP) is 2.23. The number of allylic oxidation sites excluding steroid dienone is 1. The highest BCUT2D eigenvalue weighted by atomic mass is 32.2. The number of hydroxylamine groups is 1. The van der Waals surface area contributed by atoms with Gasteiger partial charge in [0.25, 0.3) is 5.91 Å². The maximum absolute atomic E-state index is 12.2. The third kappa shape index (κ3) is 5.43. The van der Waals surface area contributed by atoms with Gasteiger partial charge in [-0.05, 0) is 42.5 Å². The Balaban J connectivity index is 1.99. The van der Waals surface area contributed by atoms with Gasteiger partial charge in [0, 0.05) is 17.3 Å². The van der Waals surface area contributed by atoms with Gasteiger partial charge in [-0.1, -0.05) is 30.0 Å². The van der Waals surface area contributed by atoms with Crippen molar-refractivity contribution in [3.05, 3.63) is 72.3 Å². The Hall–Kier alpha value is -2.88. The lowest BCUT2D eigenvalue weighted by Crippen LogP contribution is -2.14. The normalized spacial score (nSPS) is 11.3. The highest BCUT2D eigenvalue weighted by Gasteiger charge is 2.03. The molecule has 0 fully saturated rings. The van der Waals surface area contributed by atoms with Crippen LogP contribution in [0.1, 0.15) is 5.56 Å². The summed E-state index contributed by atoms with van der Waals surface area (Å²) in [6, 6.07) is 16.2. The van der Waals surface area contributed by atoms with E-state index in [1.165, 1.54) is 11.6 Å². The lowest BCUT2D eigenvalue weighted by molar-refractivity contribution is -0.124. The molecule has 0 saturated carbocycles. The first-order valence-electron chi connectivity index (χ1n) is 6.65. The monoisotopic (exact) mass is 326 g/mol. The smallest absolute Gasteiger partial charge is 0.267 e. The fourth-order valence-electron chi connectivity index (χ4n) is 1.61. The molecule has 0 bridgehead atoms. The van der Waals surface area contributed by atoms with Crippen LogP contribution in [0, 0.1) is 11.8 Å². The molecule has 116 valence electrons. The maximum Gasteiger partial charge on any atom is 0.267 e. The van der Waals surface area contributed by atoms with Crippen molar-refractivity contribution in [1.29, 1.82) is 0 Å². The van der Waals surface area contributed by atoms with Gasteiger partial charge in [0.15, 0.2) is 0 Å². The zero-order valence-corrected chi connectivity index (χ0v) is 12.8. The molecule has 0 aromatic heterocycles. The Labute approximate surface area is 136 Å².